The number of fused-ring (bicyclic) bond motifs is 1. The molecular formula is C18H23N3O2. The van der Waals surface area contributed by atoms with Crippen molar-refractivity contribution in [1.29, 1.82) is 0 Å². The molecule has 0 saturated heterocycles. The van der Waals surface area contributed by atoms with Gasteiger partial charge in [0.25, 0.3) is 5.91 Å². The summed E-state index contributed by atoms with van der Waals surface area (Å²) in [6, 6.07) is 4.21. The Bertz CT molecular complexity index is 769. The molecule has 0 fully saturated rings. The van der Waals surface area contributed by atoms with Gasteiger partial charge >= 0.3 is 0 Å². The topological polar surface area (TPSA) is 58.1 Å². The normalized spacial score (nSPS) is 17.2. The Balaban J connectivity index is 2.00. The smallest absolute Gasteiger partial charge is 0.256 e. The standard InChI is InChI=1S/C18H23N3O2/c1-5-14-15-7-6-8-20(15)9-10-21(14)18(23)16-11(2)17(13(4)22)19-12(16)3/h6-8,14,19H,5,9-10H2,1-4H3. The summed E-state index contributed by atoms with van der Waals surface area (Å²) < 4.78 is 2.22. The van der Waals surface area contributed by atoms with E-state index < -0.39 is 0 Å². The molecule has 0 aliphatic carbocycles. The number of H-pyrrole nitrogens is 1. The quantitative estimate of drug-likeness (QED) is 0.884. The minimum atomic E-state index is -0.0378. The van der Waals surface area contributed by atoms with Crippen molar-refractivity contribution in [2.24, 2.45) is 0 Å². The van der Waals surface area contributed by atoms with Crippen LogP contribution in [0.1, 0.15) is 64.1 Å². The molecule has 2 aromatic heterocycles. The van der Waals surface area contributed by atoms with Gasteiger partial charge in [0.1, 0.15) is 0 Å². The SMILES string of the molecule is CCC1c2cccn2CCN1C(=O)c1c(C)[nH]c(C(C)=O)c1C. The number of Topliss-reactive ketones (excluding diaryl/α,β-unsaturated/α-hetero) is 1. The molecule has 1 atom stereocenters. The molecule has 0 radical (unpaired) electrons. The second-order valence-corrected chi connectivity index (χ2v) is 6.23. The van der Waals surface area contributed by atoms with Crippen LogP contribution < -0.4 is 0 Å². The number of aryl methyl sites for hydroxylation is 1. The predicted molar refractivity (Wildman–Crippen MR) is 88.8 cm³/mol. The van der Waals surface area contributed by atoms with Gasteiger partial charge in [0.15, 0.2) is 5.78 Å². The number of nitrogens with one attached hydrogen (secondary N) is 1. The monoisotopic (exact) mass is 313 g/mol. The number of rotatable bonds is 3. The summed E-state index contributed by atoms with van der Waals surface area (Å²) in [4.78, 5) is 29.9. The molecule has 1 N–H and O–H groups in total. The van der Waals surface area contributed by atoms with Crippen LogP contribution in [-0.2, 0) is 6.54 Å². The highest BCUT2D eigenvalue weighted by atomic mass is 16.2. The minimum absolute atomic E-state index is 0.0167. The fourth-order valence-electron chi connectivity index (χ4n) is 3.70. The Morgan fingerprint density at radius 1 is 1.30 bits per heavy atom. The van der Waals surface area contributed by atoms with E-state index in [0.717, 1.165) is 24.2 Å². The molecule has 0 saturated carbocycles. The number of aromatic nitrogens is 2. The van der Waals surface area contributed by atoms with Crippen LogP contribution in [0.15, 0.2) is 18.3 Å². The molecule has 122 valence electrons. The van der Waals surface area contributed by atoms with Gasteiger partial charge in [-0.3, -0.25) is 9.59 Å². The van der Waals surface area contributed by atoms with Crippen molar-refractivity contribution in [3.05, 3.63) is 46.5 Å². The largest absolute Gasteiger partial charge is 0.355 e. The molecule has 0 spiro atoms. The molecule has 0 bridgehead atoms. The summed E-state index contributed by atoms with van der Waals surface area (Å²) in [5.74, 6) is -0.0211. The molecule has 0 aromatic carbocycles. The van der Waals surface area contributed by atoms with E-state index >= 15 is 0 Å². The molecular weight excluding hydrogens is 290 g/mol. The summed E-state index contributed by atoms with van der Waals surface area (Å²) >= 11 is 0. The summed E-state index contributed by atoms with van der Waals surface area (Å²) in [6.07, 6.45) is 2.94. The average Bonchev–Trinajstić information content (AvgIpc) is 3.10. The van der Waals surface area contributed by atoms with Gasteiger partial charge in [-0.2, -0.15) is 0 Å². The van der Waals surface area contributed by atoms with Crippen molar-refractivity contribution in [2.45, 2.75) is 46.7 Å². The van der Waals surface area contributed by atoms with Crippen LogP contribution in [0.3, 0.4) is 0 Å². The average molecular weight is 313 g/mol. The van der Waals surface area contributed by atoms with Crippen LogP contribution in [0.2, 0.25) is 0 Å². The zero-order valence-electron chi connectivity index (χ0n) is 14.1. The molecule has 1 unspecified atom stereocenters. The lowest BCUT2D eigenvalue weighted by Crippen LogP contribution is -2.42. The number of carbonyl (C=O) groups excluding carboxylic acids is 2. The fraction of sp³-hybridized carbons (Fsp3) is 0.444. The van der Waals surface area contributed by atoms with E-state index in [1.807, 2.05) is 24.8 Å². The van der Waals surface area contributed by atoms with E-state index in [1.165, 1.54) is 12.6 Å². The van der Waals surface area contributed by atoms with Gasteiger partial charge in [0.2, 0.25) is 0 Å². The van der Waals surface area contributed by atoms with Crippen molar-refractivity contribution in [1.82, 2.24) is 14.5 Å². The van der Waals surface area contributed by atoms with Gasteiger partial charge in [0, 0.05) is 37.6 Å². The van der Waals surface area contributed by atoms with E-state index in [9.17, 15) is 9.59 Å². The second-order valence-electron chi connectivity index (χ2n) is 6.23. The third-order valence-electron chi connectivity index (χ3n) is 4.82. The highest BCUT2D eigenvalue weighted by Gasteiger charge is 2.32. The number of aromatic amines is 1. The van der Waals surface area contributed by atoms with Crippen molar-refractivity contribution >= 4 is 11.7 Å². The molecule has 1 aliphatic rings. The third-order valence-corrected chi connectivity index (χ3v) is 4.82. The summed E-state index contributed by atoms with van der Waals surface area (Å²) in [7, 11) is 0. The van der Waals surface area contributed by atoms with Crippen molar-refractivity contribution < 1.29 is 9.59 Å². The number of ketones is 1. The number of nitrogens with zero attached hydrogens (tertiary/aromatic N) is 2. The van der Waals surface area contributed by atoms with Crippen LogP contribution in [0.5, 0.6) is 0 Å². The number of carbonyl (C=O) groups is 2. The Labute approximate surface area is 136 Å². The minimum Gasteiger partial charge on any atom is -0.355 e. The Kier molecular flexibility index (Phi) is 3.88. The number of amides is 1. The van der Waals surface area contributed by atoms with Gasteiger partial charge in [-0.1, -0.05) is 6.92 Å². The van der Waals surface area contributed by atoms with E-state index in [4.69, 9.17) is 0 Å². The molecule has 5 heteroatoms. The first kappa shape index (κ1) is 15.6. The van der Waals surface area contributed by atoms with Crippen LogP contribution in [-0.4, -0.2) is 32.7 Å². The predicted octanol–water partition coefficient (Wildman–Crippen LogP) is 3.24. The van der Waals surface area contributed by atoms with Gasteiger partial charge in [-0.25, -0.2) is 0 Å². The maximum absolute atomic E-state index is 13.2. The van der Waals surface area contributed by atoms with Crippen molar-refractivity contribution in [3.8, 4) is 0 Å². The summed E-state index contributed by atoms with van der Waals surface area (Å²) in [5, 5.41) is 0. The highest BCUT2D eigenvalue weighted by Crippen LogP contribution is 2.31. The zero-order chi connectivity index (χ0) is 16.7. The maximum atomic E-state index is 13.2. The van der Waals surface area contributed by atoms with Crippen LogP contribution >= 0.6 is 0 Å². The highest BCUT2D eigenvalue weighted by molar-refractivity contribution is 6.02. The third kappa shape index (κ3) is 2.40. The summed E-state index contributed by atoms with van der Waals surface area (Å²) in [5.41, 5.74) is 3.90. The molecule has 1 amide bonds. The van der Waals surface area contributed by atoms with E-state index in [1.54, 1.807) is 0 Å². The lowest BCUT2D eigenvalue weighted by molar-refractivity contribution is 0.0616. The van der Waals surface area contributed by atoms with Crippen LogP contribution in [0, 0.1) is 13.8 Å². The van der Waals surface area contributed by atoms with E-state index in [-0.39, 0.29) is 17.7 Å². The molecule has 5 nitrogen and oxygen atoms in total. The van der Waals surface area contributed by atoms with Crippen molar-refractivity contribution in [3.63, 3.8) is 0 Å². The zero-order valence-corrected chi connectivity index (χ0v) is 14.1. The first-order chi connectivity index (χ1) is 11.0. The van der Waals surface area contributed by atoms with Gasteiger partial charge in [-0.05, 0) is 38.0 Å². The fourth-order valence-corrected chi connectivity index (χ4v) is 3.70. The second kappa shape index (κ2) is 5.72. The lowest BCUT2D eigenvalue weighted by atomic mass is 10.0. The van der Waals surface area contributed by atoms with Crippen molar-refractivity contribution in [2.75, 3.05) is 6.54 Å². The van der Waals surface area contributed by atoms with Gasteiger partial charge < -0.3 is 14.5 Å². The maximum Gasteiger partial charge on any atom is 0.256 e. The molecule has 2 aromatic rings. The lowest BCUT2D eigenvalue weighted by Gasteiger charge is -2.36. The molecule has 3 heterocycles. The van der Waals surface area contributed by atoms with E-state index in [2.05, 4.69) is 28.7 Å². The number of hydrogen-bond donors (Lipinski definition) is 1. The summed E-state index contributed by atoms with van der Waals surface area (Å²) in [6.45, 7) is 8.84. The van der Waals surface area contributed by atoms with Gasteiger partial charge in [-0.15, -0.1) is 0 Å². The first-order valence-corrected chi connectivity index (χ1v) is 8.11. The Hall–Kier alpha value is -2.30. The molecule has 3 rings (SSSR count). The van der Waals surface area contributed by atoms with E-state index in [0.29, 0.717) is 17.8 Å². The van der Waals surface area contributed by atoms with Crippen LogP contribution in [0.4, 0.5) is 0 Å². The number of hydrogen-bond acceptors (Lipinski definition) is 2. The first-order valence-electron chi connectivity index (χ1n) is 8.11. The van der Waals surface area contributed by atoms with Gasteiger partial charge in [0.05, 0.1) is 17.3 Å². The Morgan fingerprint density at radius 2 is 2.04 bits per heavy atom. The molecule has 1 aliphatic heterocycles. The Morgan fingerprint density at radius 3 is 2.65 bits per heavy atom. The molecule has 23 heavy (non-hydrogen) atoms. The van der Waals surface area contributed by atoms with Crippen LogP contribution in [0.25, 0.3) is 0 Å².